The van der Waals surface area contributed by atoms with Gasteiger partial charge in [-0.3, -0.25) is 9.59 Å². The second-order valence-corrected chi connectivity index (χ2v) is 13.7. The summed E-state index contributed by atoms with van der Waals surface area (Å²) >= 11 is 0. The van der Waals surface area contributed by atoms with E-state index in [9.17, 15) is 14.7 Å². The average molecular weight is 628 g/mol. The number of nitrogens with two attached hydrogens (primary N) is 1. The number of carbonyl (C=O) groups excluding carboxylic acids is 2. The van der Waals surface area contributed by atoms with Gasteiger partial charge >= 0.3 is 5.97 Å². The second-order valence-electron chi connectivity index (χ2n) is 13.7. The normalized spacial score (nSPS) is 37.1. The number of hydrogen-bond acceptors (Lipinski definition) is 9. The molecule has 7 rings (SSSR count). The smallest absolute Gasteiger partial charge is 0.310 e. The molecule has 3 bridgehead atoms. The van der Waals surface area contributed by atoms with Crippen LogP contribution in [0.1, 0.15) is 44.7 Å². The van der Waals surface area contributed by atoms with E-state index >= 15 is 0 Å². The number of carbonyl (C=O) groups is 2. The molecule has 9 heteroatoms. The van der Waals surface area contributed by atoms with Crippen LogP contribution < -0.4 is 10.5 Å². The van der Waals surface area contributed by atoms with E-state index in [2.05, 4.69) is 13.5 Å². The Hall–Kier alpha value is -3.76. The van der Waals surface area contributed by atoms with Gasteiger partial charge in [-0.2, -0.15) is 0 Å². The van der Waals surface area contributed by atoms with Crippen molar-refractivity contribution in [1.29, 1.82) is 0 Å². The van der Waals surface area contributed by atoms with Crippen LogP contribution in [0.4, 0.5) is 5.69 Å². The van der Waals surface area contributed by atoms with Crippen molar-refractivity contribution < 1.29 is 38.4 Å². The van der Waals surface area contributed by atoms with E-state index in [1.807, 2.05) is 49.4 Å². The molecule has 0 radical (unpaired) electrons. The van der Waals surface area contributed by atoms with Gasteiger partial charge in [-0.05, 0) is 66.2 Å². The molecule has 9 nitrogen and oxygen atoms in total. The van der Waals surface area contributed by atoms with Crippen molar-refractivity contribution in [3.8, 4) is 5.75 Å². The lowest BCUT2D eigenvalue weighted by Gasteiger charge is -2.59. The van der Waals surface area contributed by atoms with Crippen molar-refractivity contribution in [3.63, 3.8) is 0 Å². The highest BCUT2D eigenvalue weighted by Gasteiger charge is 2.79. The van der Waals surface area contributed by atoms with Crippen molar-refractivity contribution in [2.75, 3.05) is 19.5 Å². The zero-order chi connectivity index (χ0) is 32.6. The minimum atomic E-state index is -1.79. The van der Waals surface area contributed by atoms with E-state index in [-0.39, 0.29) is 31.1 Å². The number of rotatable bonds is 8. The number of fused-ring (bicyclic) bond motifs is 2. The Morgan fingerprint density at radius 1 is 1.13 bits per heavy atom. The zero-order valence-corrected chi connectivity index (χ0v) is 26.7. The third-order valence-corrected chi connectivity index (χ3v) is 10.8. The molecular weight excluding hydrogens is 586 g/mol. The van der Waals surface area contributed by atoms with Crippen molar-refractivity contribution in [1.82, 2.24) is 0 Å². The summed E-state index contributed by atoms with van der Waals surface area (Å²) in [5, 5.41) is 12.4. The Morgan fingerprint density at radius 2 is 1.89 bits per heavy atom. The van der Waals surface area contributed by atoms with Gasteiger partial charge in [0, 0.05) is 18.3 Å². The molecule has 0 amide bonds. The van der Waals surface area contributed by atoms with Crippen molar-refractivity contribution >= 4 is 17.4 Å². The standard InChI is InChI=1S/C37H41NO8/c1-21(2)35-17-23(4)37-27(33(35)44-36(45-35,46-37)19-24-9-7-6-8-10-24)14-26(18-34(41)30(37)13-22(3)32(34)40)20-43-31(39)16-25-11-12-28(38)29(15-25)42-5/h6-15,23,27,30,33,41H,1,16-20,38H2,2-5H3/t23-,27+,30-,33?,34-,35+,36?,37?/m1/s1. The van der Waals surface area contributed by atoms with Gasteiger partial charge in [-0.15, -0.1) is 0 Å². The van der Waals surface area contributed by atoms with E-state index in [1.54, 1.807) is 25.1 Å². The number of nitrogen functional groups attached to an aromatic ring is 1. The highest BCUT2D eigenvalue weighted by Crippen LogP contribution is 2.68. The molecule has 2 heterocycles. The lowest BCUT2D eigenvalue weighted by atomic mass is 9.55. The first kappa shape index (κ1) is 30.9. The first-order valence-corrected chi connectivity index (χ1v) is 15.9. The van der Waals surface area contributed by atoms with Crippen LogP contribution in [0.2, 0.25) is 0 Å². The van der Waals surface area contributed by atoms with Gasteiger partial charge in [-0.25, -0.2) is 0 Å². The SMILES string of the molecule is C=C(C)[C@@]12C[C@@H](C)C34OC(Cc5ccccc5)(OC1[C@@H]3C=C(COC(=O)Cc1ccc(N)c(OC)c1)C[C@]1(O)C(=O)C(C)=C[C@@H]41)O2. The third kappa shape index (κ3) is 4.43. The van der Waals surface area contributed by atoms with Crippen LogP contribution in [0, 0.1) is 17.8 Å². The second kappa shape index (κ2) is 10.6. The Morgan fingerprint density at radius 3 is 2.61 bits per heavy atom. The van der Waals surface area contributed by atoms with E-state index < -0.39 is 46.7 Å². The molecule has 2 aliphatic heterocycles. The molecule has 1 saturated carbocycles. The lowest BCUT2D eigenvalue weighted by molar-refractivity contribution is -0.421. The Balaban J connectivity index is 1.27. The van der Waals surface area contributed by atoms with Crippen LogP contribution in [0.5, 0.6) is 5.75 Å². The summed E-state index contributed by atoms with van der Waals surface area (Å²) in [6.45, 7) is 10.0. The molecule has 3 aliphatic carbocycles. The maximum Gasteiger partial charge on any atom is 0.310 e. The quantitative estimate of drug-likeness (QED) is 0.245. The Bertz CT molecular complexity index is 1680. The maximum atomic E-state index is 13.8. The minimum Gasteiger partial charge on any atom is -0.495 e. The number of aliphatic hydroxyl groups is 1. The number of esters is 1. The number of hydrogen-bond donors (Lipinski definition) is 2. The van der Waals surface area contributed by atoms with Gasteiger partial charge in [0.25, 0.3) is 5.97 Å². The fourth-order valence-electron chi connectivity index (χ4n) is 8.75. The van der Waals surface area contributed by atoms with Gasteiger partial charge in [0.2, 0.25) is 0 Å². The number of ketones is 1. The van der Waals surface area contributed by atoms with Gasteiger partial charge in [0.1, 0.15) is 29.7 Å². The summed E-state index contributed by atoms with van der Waals surface area (Å²) in [6, 6.07) is 15.0. The molecular formula is C37H41NO8. The molecule has 3 fully saturated rings. The average Bonchev–Trinajstić information content (AvgIpc) is 3.32. The molecule has 0 aromatic heterocycles. The van der Waals surface area contributed by atoms with Crippen LogP contribution >= 0.6 is 0 Å². The van der Waals surface area contributed by atoms with Crippen LogP contribution in [0.15, 0.2) is 84.0 Å². The summed E-state index contributed by atoms with van der Waals surface area (Å²) < 4.78 is 32.0. The Labute approximate surface area is 269 Å². The largest absolute Gasteiger partial charge is 0.495 e. The molecule has 2 aromatic rings. The third-order valence-electron chi connectivity index (χ3n) is 10.8. The number of benzene rings is 2. The zero-order valence-electron chi connectivity index (χ0n) is 26.7. The summed E-state index contributed by atoms with van der Waals surface area (Å²) in [6.07, 6.45) is 4.26. The van der Waals surface area contributed by atoms with E-state index in [4.69, 9.17) is 29.4 Å². The van der Waals surface area contributed by atoms with E-state index in [1.165, 1.54) is 7.11 Å². The summed E-state index contributed by atoms with van der Waals surface area (Å²) in [5.74, 6) is -3.02. The van der Waals surface area contributed by atoms with Crippen LogP contribution in [-0.2, 0) is 41.4 Å². The Kier molecular flexibility index (Phi) is 7.14. The van der Waals surface area contributed by atoms with E-state index in [0.717, 1.165) is 11.1 Å². The number of ether oxygens (including phenoxy) is 5. The van der Waals surface area contributed by atoms with Crippen molar-refractivity contribution in [2.24, 2.45) is 17.8 Å². The molecule has 242 valence electrons. The number of methoxy groups -OCH3 is 1. The van der Waals surface area contributed by atoms with Crippen molar-refractivity contribution in [2.45, 2.75) is 75.3 Å². The lowest BCUT2D eigenvalue weighted by Crippen LogP contribution is -2.70. The molecule has 3 unspecified atom stereocenters. The summed E-state index contributed by atoms with van der Waals surface area (Å²) in [4.78, 5) is 26.8. The topological polar surface area (TPSA) is 127 Å². The van der Waals surface area contributed by atoms with Crippen LogP contribution in [-0.4, -0.2) is 59.5 Å². The fraction of sp³-hybridized carbons (Fsp3) is 0.459. The summed E-state index contributed by atoms with van der Waals surface area (Å²) in [5.41, 5.74) is 6.32. The molecule has 3 N–H and O–H groups in total. The molecule has 46 heavy (non-hydrogen) atoms. The molecule has 2 saturated heterocycles. The number of Topliss-reactive ketones (excluding diaryl/α,β-unsaturated/α-hetero) is 1. The van der Waals surface area contributed by atoms with Crippen molar-refractivity contribution in [3.05, 3.63) is 95.1 Å². The first-order chi connectivity index (χ1) is 21.9. The molecule has 2 aromatic carbocycles. The van der Waals surface area contributed by atoms with Gasteiger partial charge < -0.3 is 34.5 Å². The fourth-order valence-corrected chi connectivity index (χ4v) is 8.75. The first-order valence-electron chi connectivity index (χ1n) is 15.9. The van der Waals surface area contributed by atoms with Gasteiger partial charge in [0.15, 0.2) is 5.78 Å². The van der Waals surface area contributed by atoms with Gasteiger partial charge in [-0.1, -0.05) is 62.1 Å². The number of anilines is 1. The highest BCUT2D eigenvalue weighted by molar-refractivity contribution is 6.04. The van der Waals surface area contributed by atoms with Crippen LogP contribution in [0.25, 0.3) is 0 Å². The molecule has 5 aliphatic rings. The molecule has 0 spiro atoms. The minimum absolute atomic E-state index is 0.000969. The summed E-state index contributed by atoms with van der Waals surface area (Å²) in [7, 11) is 1.52. The molecule has 8 atom stereocenters. The van der Waals surface area contributed by atoms with Gasteiger partial charge in [0.05, 0.1) is 31.2 Å². The monoisotopic (exact) mass is 627 g/mol. The highest BCUT2D eigenvalue weighted by atomic mass is 16.9. The predicted octanol–water partition coefficient (Wildman–Crippen LogP) is 4.62. The van der Waals surface area contributed by atoms with Crippen LogP contribution in [0.3, 0.4) is 0 Å². The van der Waals surface area contributed by atoms with E-state index in [0.29, 0.717) is 41.0 Å². The maximum absolute atomic E-state index is 13.8. The predicted molar refractivity (Wildman–Crippen MR) is 169 cm³/mol.